The Morgan fingerprint density at radius 3 is 2.41 bits per heavy atom. The minimum atomic E-state index is -0.250. The van der Waals surface area contributed by atoms with Crippen LogP contribution in [-0.2, 0) is 4.79 Å². The molecule has 0 aromatic carbocycles. The summed E-state index contributed by atoms with van der Waals surface area (Å²) >= 11 is 5.95. The maximum atomic E-state index is 12.9. The lowest BCUT2D eigenvalue weighted by Crippen LogP contribution is -2.60. The molecule has 4 aliphatic rings. The number of carbonyl (C=O) groups is 1. The molecule has 22 heavy (non-hydrogen) atoms. The summed E-state index contributed by atoms with van der Waals surface area (Å²) in [6.07, 6.45) is 11.8. The van der Waals surface area contributed by atoms with Gasteiger partial charge in [-0.1, -0.05) is 18.5 Å². The molecule has 1 atom stereocenters. The van der Waals surface area contributed by atoms with E-state index < -0.39 is 0 Å². The molecule has 4 bridgehead atoms. The van der Waals surface area contributed by atoms with Crippen LogP contribution in [0.1, 0.15) is 57.9 Å². The van der Waals surface area contributed by atoms with Crippen molar-refractivity contribution in [1.29, 1.82) is 0 Å². The molecule has 120 valence electrons. The van der Waals surface area contributed by atoms with Crippen LogP contribution >= 0.6 is 11.6 Å². The Hall–Kier alpha value is -1.03. The van der Waals surface area contributed by atoms with Crippen LogP contribution in [0.15, 0.2) is 12.4 Å². The highest BCUT2D eigenvalue weighted by molar-refractivity contribution is 6.30. The third-order valence-corrected chi connectivity index (χ3v) is 6.20. The number of amides is 1. The molecular formula is C17H24ClN3O. The number of nitrogens with zero attached hydrogens (tertiary/aromatic N) is 2. The van der Waals surface area contributed by atoms with Crippen LogP contribution in [-0.4, -0.2) is 21.2 Å². The highest BCUT2D eigenvalue weighted by Gasteiger charge is 2.51. The Morgan fingerprint density at radius 2 is 1.95 bits per heavy atom. The summed E-state index contributed by atoms with van der Waals surface area (Å²) in [7, 11) is 0. The van der Waals surface area contributed by atoms with Crippen molar-refractivity contribution < 1.29 is 4.79 Å². The van der Waals surface area contributed by atoms with Crippen LogP contribution < -0.4 is 5.32 Å². The van der Waals surface area contributed by atoms with Crippen molar-refractivity contribution >= 4 is 17.5 Å². The van der Waals surface area contributed by atoms with Gasteiger partial charge in [0.1, 0.15) is 6.04 Å². The predicted molar refractivity (Wildman–Crippen MR) is 85.6 cm³/mol. The predicted octanol–water partition coefficient (Wildman–Crippen LogP) is 3.57. The zero-order chi connectivity index (χ0) is 15.3. The monoisotopic (exact) mass is 321 g/mol. The van der Waals surface area contributed by atoms with Gasteiger partial charge in [-0.3, -0.25) is 9.48 Å². The molecule has 1 aromatic heterocycles. The van der Waals surface area contributed by atoms with Crippen molar-refractivity contribution in [1.82, 2.24) is 15.1 Å². The van der Waals surface area contributed by atoms with E-state index in [2.05, 4.69) is 10.4 Å². The quantitative estimate of drug-likeness (QED) is 0.921. The van der Waals surface area contributed by atoms with E-state index in [1.165, 1.54) is 38.5 Å². The summed E-state index contributed by atoms with van der Waals surface area (Å²) in [5.41, 5.74) is 0.0657. The largest absolute Gasteiger partial charge is 0.349 e. The van der Waals surface area contributed by atoms with Gasteiger partial charge in [-0.25, -0.2) is 0 Å². The molecule has 0 spiro atoms. The molecule has 1 unspecified atom stereocenters. The average Bonchev–Trinajstić information content (AvgIpc) is 2.83. The Bertz CT molecular complexity index is 547. The summed E-state index contributed by atoms with van der Waals surface area (Å²) in [5, 5.41) is 8.25. The van der Waals surface area contributed by atoms with Crippen LogP contribution in [0.25, 0.3) is 0 Å². The summed E-state index contributed by atoms with van der Waals surface area (Å²) in [6, 6.07) is -0.250. The Balaban J connectivity index is 1.51. The van der Waals surface area contributed by atoms with Gasteiger partial charge in [-0.15, -0.1) is 0 Å². The van der Waals surface area contributed by atoms with E-state index in [-0.39, 0.29) is 17.5 Å². The topological polar surface area (TPSA) is 46.9 Å². The lowest BCUT2D eigenvalue weighted by atomic mass is 9.53. The molecule has 4 saturated carbocycles. The van der Waals surface area contributed by atoms with E-state index in [1.807, 2.05) is 6.92 Å². The van der Waals surface area contributed by atoms with Gasteiger partial charge in [0.15, 0.2) is 0 Å². The van der Waals surface area contributed by atoms with Crippen molar-refractivity contribution in [2.45, 2.75) is 63.5 Å². The van der Waals surface area contributed by atoms with Gasteiger partial charge in [-0.2, -0.15) is 5.10 Å². The first-order valence-corrected chi connectivity index (χ1v) is 8.96. The van der Waals surface area contributed by atoms with Crippen LogP contribution in [0.2, 0.25) is 5.02 Å². The molecule has 0 saturated heterocycles. The molecule has 5 heteroatoms. The SMILES string of the molecule is CCC(C(=O)NC12CC3CC(CC(C3)C1)C2)n1cc(Cl)cn1. The first-order chi connectivity index (χ1) is 10.6. The number of carbonyl (C=O) groups excluding carboxylic acids is 1. The Morgan fingerprint density at radius 1 is 1.36 bits per heavy atom. The van der Waals surface area contributed by atoms with Crippen molar-refractivity contribution in [2.75, 3.05) is 0 Å². The minimum Gasteiger partial charge on any atom is -0.349 e. The summed E-state index contributed by atoms with van der Waals surface area (Å²) in [6.45, 7) is 2.03. The maximum absolute atomic E-state index is 12.9. The van der Waals surface area contributed by atoms with Gasteiger partial charge in [0.2, 0.25) is 5.91 Å². The number of hydrogen-bond acceptors (Lipinski definition) is 2. The smallest absolute Gasteiger partial charge is 0.245 e. The van der Waals surface area contributed by atoms with Gasteiger partial charge >= 0.3 is 0 Å². The first-order valence-electron chi connectivity index (χ1n) is 8.58. The maximum Gasteiger partial charge on any atom is 0.245 e. The second kappa shape index (κ2) is 5.26. The highest BCUT2D eigenvalue weighted by atomic mass is 35.5. The second-order valence-corrected chi connectivity index (χ2v) is 8.19. The van der Waals surface area contributed by atoms with E-state index in [1.54, 1.807) is 17.1 Å². The van der Waals surface area contributed by atoms with Crippen molar-refractivity contribution in [3.63, 3.8) is 0 Å². The van der Waals surface area contributed by atoms with Crippen LogP contribution in [0.4, 0.5) is 0 Å². The van der Waals surface area contributed by atoms with Gasteiger partial charge in [-0.05, 0) is 62.7 Å². The Kier molecular flexibility index (Phi) is 3.48. The van der Waals surface area contributed by atoms with Crippen LogP contribution in [0, 0.1) is 17.8 Å². The van der Waals surface area contributed by atoms with Gasteiger partial charge in [0.25, 0.3) is 0 Å². The fraction of sp³-hybridized carbons (Fsp3) is 0.765. The van der Waals surface area contributed by atoms with E-state index in [0.717, 1.165) is 24.2 Å². The molecule has 0 radical (unpaired) electrons. The number of rotatable bonds is 4. The molecule has 4 nitrogen and oxygen atoms in total. The molecule has 1 N–H and O–H groups in total. The van der Waals surface area contributed by atoms with Crippen molar-refractivity contribution in [2.24, 2.45) is 17.8 Å². The van der Waals surface area contributed by atoms with E-state index in [4.69, 9.17) is 11.6 Å². The molecule has 4 fully saturated rings. The average molecular weight is 322 g/mol. The normalized spacial score (nSPS) is 37.3. The van der Waals surface area contributed by atoms with Crippen LogP contribution in [0.5, 0.6) is 0 Å². The second-order valence-electron chi connectivity index (χ2n) is 7.75. The van der Waals surface area contributed by atoms with Gasteiger partial charge in [0.05, 0.1) is 11.2 Å². The number of hydrogen-bond donors (Lipinski definition) is 1. The lowest BCUT2D eigenvalue weighted by molar-refractivity contribution is -0.130. The molecule has 4 aliphatic carbocycles. The van der Waals surface area contributed by atoms with E-state index in [0.29, 0.717) is 5.02 Å². The standard InChI is InChI=1S/C17H24ClN3O/c1-2-15(21-10-14(18)9-19-21)16(22)20-17-6-11-3-12(7-17)5-13(4-11)8-17/h9-13,15H,2-8H2,1H3,(H,20,22). The summed E-state index contributed by atoms with van der Waals surface area (Å²) < 4.78 is 1.71. The summed E-state index contributed by atoms with van der Waals surface area (Å²) in [4.78, 5) is 12.9. The van der Waals surface area contributed by atoms with Crippen molar-refractivity contribution in [3.8, 4) is 0 Å². The fourth-order valence-corrected chi connectivity index (χ4v) is 5.73. The zero-order valence-electron chi connectivity index (χ0n) is 13.1. The van der Waals surface area contributed by atoms with Gasteiger partial charge in [0, 0.05) is 11.7 Å². The summed E-state index contributed by atoms with van der Waals surface area (Å²) in [5.74, 6) is 2.63. The van der Waals surface area contributed by atoms with Crippen LogP contribution in [0.3, 0.4) is 0 Å². The zero-order valence-corrected chi connectivity index (χ0v) is 13.9. The number of nitrogens with one attached hydrogen (secondary N) is 1. The van der Waals surface area contributed by atoms with Gasteiger partial charge < -0.3 is 5.32 Å². The van der Waals surface area contributed by atoms with Crippen molar-refractivity contribution in [3.05, 3.63) is 17.4 Å². The molecule has 1 amide bonds. The molecular weight excluding hydrogens is 298 g/mol. The minimum absolute atomic E-state index is 0.0657. The number of aromatic nitrogens is 2. The lowest BCUT2D eigenvalue weighted by Gasteiger charge is -2.57. The van der Waals surface area contributed by atoms with E-state index in [9.17, 15) is 4.79 Å². The molecule has 1 aromatic rings. The highest BCUT2D eigenvalue weighted by Crippen LogP contribution is 2.55. The number of halogens is 1. The molecule has 1 heterocycles. The van der Waals surface area contributed by atoms with E-state index >= 15 is 0 Å². The molecule has 5 rings (SSSR count). The Labute approximate surface area is 136 Å². The third kappa shape index (κ3) is 2.45. The first kappa shape index (κ1) is 14.6. The molecule has 0 aliphatic heterocycles. The third-order valence-electron chi connectivity index (χ3n) is 6.01. The fourth-order valence-electron chi connectivity index (χ4n) is 5.59.